The zero-order chi connectivity index (χ0) is 16.5. The topological polar surface area (TPSA) is 41.9 Å². The van der Waals surface area contributed by atoms with Gasteiger partial charge in [-0.1, -0.05) is 19.8 Å². The Kier molecular flexibility index (Phi) is 6.31. The summed E-state index contributed by atoms with van der Waals surface area (Å²) < 4.78 is 0. The fourth-order valence-electron chi connectivity index (χ4n) is 2.20. The van der Waals surface area contributed by atoms with Gasteiger partial charge in [-0.15, -0.1) is 6.42 Å². The number of terminal acetylenes is 1. The molecule has 0 aromatic carbocycles. The van der Waals surface area contributed by atoms with Gasteiger partial charge in [0.05, 0.1) is 5.69 Å². The highest BCUT2D eigenvalue weighted by molar-refractivity contribution is 5.67. The summed E-state index contributed by atoms with van der Waals surface area (Å²) in [5, 5.41) is 0. The first kappa shape index (κ1) is 16.7. The number of rotatable bonds is 7. The minimum absolute atomic E-state index is 0.779. The van der Waals surface area contributed by atoms with E-state index in [2.05, 4.69) is 39.6 Å². The minimum atomic E-state index is 0.779. The lowest BCUT2D eigenvalue weighted by molar-refractivity contribution is 0.721. The third kappa shape index (κ3) is 4.93. The van der Waals surface area contributed by atoms with Gasteiger partial charge in [0.1, 0.15) is 0 Å². The number of nitrogens with zero attached hydrogens (tertiary/aromatic N) is 4. The van der Waals surface area contributed by atoms with Crippen LogP contribution < -0.4 is 4.90 Å². The van der Waals surface area contributed by atoms with E-state index in [9.17, 15) is 0 Å². The molecular formula is C19H22N4. The summed E-state index contributed by atoms with van der Waals surface area (Å²) in [7, 11) is 0. The van der Waals surface area contributed by atoms with Gasteiger partial charge in [-0.25, -0.2) is 9.97 Å². The van der Waals surface area contributed by atoms with Gasteiger partial charge >= 0.3 is 0 Å². The van der Waals surface area contributed by atoms with E-state index in [0.29, 0.717) is 0 Å². The fraction of sp³-hybridized carbons (Fsp3) is 0.316. The molecule has 2 aromatic heterocycles. The highest BCUT2D eigenvalue weighted by Crippen LogP contribution is 2.11. The first-order chi connectivity index (χ1) is 11.3. The maximum atomic E-state index is 5.32. The van der Waals surface area contributed by atoms with Crippen LogP contribution >= 0.6 is 0 Å². The van der Waals surface area contributed by atoms with Crippen molar-refractivity contribution >= 4 is 18.1 Å². The molecule has 0 saturated heterocycles. The lowest BCUT2D eigenvalue weighted by Crippen LogP contribution is -2.26. The van der Waals surface area contributed by atoms with Crippen molar-refractivity contribution in [3.05, 3.63) is 47.5 Å². The van der Waals surface area contributed by atoms with Crippen LogP contribution in [0.3, 0.4) is 0 Å². The van der Waals surface area contributed by atoms with Crippen LogP contribution in [0.5, 0.6) is 0 Å². The molecule has 0 N–H and O–H groups in total. The Morgan fingerprint density at radius 3 is 2.22 bits per heavy atom. The molecule has 0 amide bonds. The summed E-state index contributed by atoms with van der Waals surface area (Å²) in [6.45, 7) is 6.29. The van der Waals surface area contributed by atoms with Crippen LogP contribution in [0, 0.1) is 12.3 Å². The lowest BCUT2D eigenvalue weighted by atomic mass is 10.2. The molecule has 0 aliphatic heterocycles. The number of pyridine rings is 1. The summed E-state index contributed by atoms with van der Waals surface area (Å²) in [6, 6.07) is 3.77. The molecule has 23 heavy (non-hydrogen) atoms. The molecule has 2 aromatic rings. The average molecular weight is 306 g/mol. The Labute approximate surface area is 138 Å². The van der Waals surface area contributed by atoms with Gasteiger partial charge in [0, 0.05) is 42.8 Å². The molecule has 0 saturated carbocycles. The largest absolute Gasteiger partial charge is 0.341 e. The second kappa shape index (κ2) is 8.70. The van der Waals surface area contributed by atoms with Gasteiger partial charge in [0.2, 0.25) is 5.95 Å². The van der Waals surface area contributed by atoms with Crippen molar-refractivity contribution in [3.63, 3.8) is 0 Å². The van der Waals surface area contributed by atoms with Crippen molar-refractivity contribution < 1.29 is 0 Å². The van der Waals surface area contributed by atoms with Crippen LogP contribution in [0.2, 0.25) is 0 Å². The fourth-order valence-corrected chi connectivity index (χ4v) is 2.20. The molecule has 0 bridgehead atoms. The molecule has 0 unspecified atom stereocenters. The van der Waals surface area contributed by atoms with E-state index < -0.39 is 0 Å². The normalized spacial score (nSPS) is 10.7. The summed E-state index contributed by atoms with van der Waals surface area (Å²) in [4.78, 5) is 15.4. The predicted molar refractivity (Wildman–Crippen MR) is 95.9 cm³/mol. The average Bonchev–Trinajstić information content (AvgIpc) is 2.61. The molecule has 2 heterocycles. The van der Waals surface area contributed by atoms with Crippen molar-refractivity contribution in [1.29, 1.82) is 0 Å². The van der Waals surface area contributed by atoms with E-state index >= 15 is 0 Å². The third-order valence-corrected chi connectivity index (χ3v) is 3.33. The van der Waals surface area contributed by atoms with Crippen molar-refractivity contribution in [3.8, 4) is 12.3 Å². The first-order valence-electron chi connectivity index (χ1n) is 7.94. The van der Waals surface area contributed by atoms with Crippen LogP contribution in [-0.4, -0.2) is 28.0 Å². The molecule has 0 radical (unpaired) electrons. The lowest BCUT2D eigenvalue weighted by Gasteiger charge is -2.20. The number of hydrogen-bond donors (Lipinski definition) is 0. The zero-order valence-electron chi connectivity index (χ0n) is 13.7. The molecule has 0 atom stereocenters. The molecule has 0 fully saturated rings. The standard InChI is InChI=1S/C19H22N4/c1-4-11-23(12-5-2)19-21-14-17(15-22-19)8-10-18-9-7-16(6-3)13-20-18/h3,7-10,13-15H,4-5,11-12H2,1-2H3/b10-8+. The molecule has 0 aliphatic rings. The summed E-state index contributed by atoms with van der Waals surface area (Å²) in [5.41, 5.74) is 2.58. The van der Waals surface area contributed by atoms with Crippen LogP contribution in [0.4, 0.5) is 5.95 Å². The predicted octanol–water partition coefficient (Wildman–Crippen LogP) is 3.65. The molecule has 0 spiro atoms. The van der Waals surface area contributed by atoms with E-state index in [1.54, 1.807) is 6.20 Å². The first-order valence-corrected chi connectivity index (χ1v) is 7.94. The van der Waals surface area contributed by atoms with Crippen molar-refractivity contribution in [2.45, 2.75) is 26.7 Å². The van der Waals surface area contributed by atoms with E-state index in [0.717, 1.165) is 48.7 Å². The van der Waals surface area contributed by atoms with E-state index in [-0.39, 0.29) is 0 Å². The highest BCUT2D eigenvalue weighted by Gasteiger charge is 2.06. The van der Waals surface area contributed by atoms with Gasteiger partial charge in [0.25, 0.3) is 0 Å². The molecule has 2 rings (SSSR count). The molecule has 4 heteroatoms. The van der Waals surface area contributed by atoms with Gasteiger partial charge < -0.3 is 4.90 Å². The Balaban J connectivity index is 2.06. The van der Waals surface area contributed by atoms with Crippen LogP contribution in [-0.2, 0) is 0 Å². The molecule has 0 aliphatic carbocycles. The third-order valence-electron chi connectivity index (χ3n) is 3.33. The number of anilines is 1. The monoisotopic (exact) mass is 306 g/mol. The summed E-state index contributed by atoms with van der Waals surface area (Å²) in [5.74, 6) is 3.35. The van der Waals surface area contributed by atoms with Gasteiger partial charge in [-0.2, -0.15) is 0 Å². The van der Waals surface area contributed by atoms with Crippen LogP contribution in [0.1, 0.15) is 43.5 Å². The van der Waals surface area contributed by atoms with Crippen LogP contribution in [0.15, 0.2) is 30.7 Å². The minimum Gasteiger partial charge on any atom is -0.341 e. The second-order valence-corrected chi connectivity index (χ2v) is 5.25. The van der Waals surface area contributed by atoms with E-state index in [1.165, 1.54) is 0 Å². The molecular weight excluding hydrogens is 284 g/mol. The maximum absolute atomic E-state index is 5.32. The zero-order valence-corrected chi connectivity index (χ0v) is 13.7. The SMILES string of the molecule is C#Cc1ccc(/C=C/c2cnc(N(CCC)CCC)nc2)nc1. The van der Waals surface area contributed by atoms with Gasteiger partial charge in [0.15, 0.2) is 0 Å². The molecule has 4 nitrogen and oxygen atoms in total. The van der Waals surface area contributed by atoms with Gasteiger partial charge in [-0.05, 0) is 37.1 Å². The second-order valence-electron chi connectivity index (χ2n) is 5.25. The van der Waals surface area contributed by atoms with Crippen LogP contribution in [0.25, 0.3) is 12.2 Å². The Bertz CT molecular complexity index is 660. The Morgan fingerprint density at radius 2 is 1.70 bits per heavy atom. The van der Waals surface area contributed by atoms with E-state index in [4.69, 9.17) is 6.42 Å². The smallest absolute Gasteiger partial charge is 0.225 e. The van der Waals surface area contributed by atoms with Crippen molar-refractivity contribution in [2.75, 3.05) is 18.0 Å². The molecule has 118 valence electrons. The highest BCUT2D eigenvalue weighted by atomic mass is 15.2. The van der Waals surface area contributed by atoms with E-state index in [1.807, 2.05) is 36.7 Å². The Hall–Kier alpha value is -2.67. The van der Waals surface area contributed by atoms with Gasteiger partial charge in [-0.3, -0.25) is 4.98 Å². The quantitative estimate of drug-likeness (QED) is 0.732. The van der Waals surface area contributed by atoms with Crippen molar-refractivity contribution in [2.24, 2.45) is 0 Å². The number of hydrogen-bond acceptors (Lipinski definition) is 4. The van der Waals surface area contributed by atoms with Crippen molar-refractivity contribution in [1.82, 2.24) is 15.0 Å². The maximum Gasteiger partial charge on any atom is 0.225 e. The summed E-state index contributed by atoms with van der Waals surface area (Å²) in [6.07, 6.45) is 16.7. The number of aromatic nitrogens is 3. The summed E-state index contributed by atoms with van der Waals surface area (Å²) >= 11 is 0. The Morgan fingerprint density at radius 1 is 1.00 bits per heavy atom.